The maximum Gasteiger partial charge on any atom is 0.262 e. The molecule has 1 aliphatic heterocycles. The van der Waals surface area contributed by atoms with E-state index in [1.807, 2.05) is 31.2 Å². The summed E-state index contributed by atoms with van der Waals surface area (Å²) < 4.78 is 0. The normalized spacial score (nSPS) is 18.0. The first-order valence-corrected chi connectivity index (χ1v) is 5.71. The standard InChI is InChI=1S/C14H12N2O2/c1-9-4-6-10(7-5-9)16-13(17)11-3-2-8-15-12(11)14(16)18/h2-8,14,18H,1H3. The van der Waals surface area contributed by atoms with Crippen LogP contribution in [0.5, 0.6) is 0 Å². The van der Waals surface area contributed by atoms with Crippen molar-refractivity contribution in [1.29, 1.82) is 0 Å². The topological polar surface area (TPSA) is 53.4 Å². The average Bonchev–Trinajstić information content (AvgIpc) is 2.64. The van der Waals surface area contributed by atoms with Crippen molar-refractivity contribution in [2.24, 2.45) is 0 Å². The summed E-state index contributed by atoms with van der Waals surface area (Å²) in [6.45, 7) is 1.97. The molecule has 0 saturated heterocycles. The Bertz CT molecular complexity index is 607. The minimum absolute atomic E-state index is 0.213. The number of rotatable bonds is 1. The minimum Gasteiger partial charge on any atom is -0.368 e. The monoisotopic (exact) mass is 240 g/mol. The zero-order valence-corrected chi connectivity index (χ0v) is 9.87. The van der Waals surface area contributed by atoms with Gasteiger partial charge in [0.15, 0.2) is 6.23 Å². The molecule has 90 valence electrons. The fourth-order valence-corrected chi connectivity index (χ4v) is 2.13. The number of hydrogen-bond donors (Lipinski definition) is 1. The van der Waals surface area contributed by atoms with Gasteiger partial charge in [-0.05, 0) is 31.2 Å². The van der Waals surface area contributed by atoms with E-state index in [1.54, 1.807) is 18.3 Å². The quantitative estimate of drug-likeness (QED) is 0.829. The molecule has 2 aromatic rings. The molecule has 4 heteroatoms. The van der Waals surface area contributed by atoms with Gasteiger partial charge in [0.05, 0.1) is 5.56 Å². The van der Waals surface area contributed by atoms with Crippen molar-refractivity contribution in [3.63, 3.8) is 0 Å². The maximum absolute atomic E-state index is 12.2. The van der Waals surface area contributed by atoms with Gasteiger partial charge in [-0.15, -0.1) is 0 Å². The highest BCUT2D eigenvalue weighted by Crippen LogP contribution is 2.34. The van der Waals surface area contributed by atoms with Crippen molar-refractivity contribution >= 4 is 11.6 Å². The van der Waals surface area contributed by atoms with Crippen LogP contribution in [-0.4, -0.2) is 16.0 Å². The zero-order valence-electron chi connectivity index (χ0n) is 9.87. The van der Waals surface area contributed by atoms with Gasteiger partial charge in [0, 0.05) is 11.9 Å². The molecule has 0 spiro atoms. The number of fused-ring (bicyclic) bond motifs is 1. The van der Waals surface area contributed by atoms with E-state index in [4.69, 9.17) is 0 Å². The smallest absolute Gasteiger partial charge is 0.262 e. The molecule has 1 aromatic carbocycles. The number of anilines is 1. The molecule has 0 saturated carbocycles. The van der Waals surface area contributed by atoms with Crippen LogP contribution < -0.4 is 4.90 Å². The lowest BCUT2D eigenvalue weighted by molar-refractivity contribution is 0.0933. The van der Waals surface area contributed by atoms with Crippen molar-refractivity contribution in [1.82, 2.24) is 4.98 Å². The summed E-state index contributed by atoms with van der Waals surface area (Å²) in [6.07, 6.45) is 0.574. The van der Waals surface area contributed by atoms with Crippen molar-refractivity contribution in [2.45, 2.75) is 13.2 Å². The minimum atomic E-state index is -1.00. The second-order valence-electron chi connectivity index (χ2n) is 4.32. The Hall–Kier alpha value is -2.20. The van der Waals surface area contributed by atoms with Crippen LogP contribution in [0.2, 0.25) is 0 Å². The Morgan fingerprint density at radius 3 is 2.61 bits per heavy atom. The molecule has 0 fully saturated rings. The summed E-state index contributed by atoms with van der Waals surface area (Å²) in [5.74, 6) is -0.213. The molecule has 1 N–H and O–H groups in total. The fraction of sp³-hybridized carbons (Fsp3) is 0.143. The Balaban J connectivity index is 2.06. The molecule has 0 bridgehead atoms. The number of pyridine rings is 1. The molecule has 18 heavy (non-hydrogen) atoms. The molecular formula is C14H12N2O2. The van der Waals surface area contributed by atoms with Crippen LogP contribution in [0.25, 0.3) is 0 Å². The SMILES string of the molecule is Cc1ccc(N2C(=O)c3cccnc3C2O)cc1. The number of hydrogen-bond acceptors (Lipinski definition) is 3. The van der Waals surface area contributed by atoms with Crippen molar-refractivity contribution in [2.75, 3.05) is 4.90 Å². The third-order valence-electron chi connectivity index (χ3n) is 3.09. The van der Waals surface area contributed by atoms with Crippen LogP contribution in [-0.2, 0) is 0 Å². The molecule has 3 rings (SSSR count). The number of amides is 1. The molecule has 1 atom stereocenters. The number of aryl methyl sites for hydroxylation is 1. The van der Waals surface area contributed by atoms with E-state index in [2.05, 4.69) is 4.98 Å². The van der Waals surface area contributed by atoms with Crippen LogP contribution in [0.4, 0.5) is 5.69 Å². The number of carbonyl (C=O) groups excluding carboxylic acids is 1. The highest BCUT2D eigenvalue weighted by molar-refractivity contribution is 6.10. The maximum atomic E-state index is 12.2. The predicted octanol–water partition coefficient (Wildman–Crippen LogP) is 2.04. The Labute approximate surface area is 105 Å². The Kier molecular flexibility index (Phi) is 2.38. The van der Waals surface area contributed by atoms with Gasteiger partial charge in [0.1, 0.15) is 5.69 Å². The molecule has 1 aliphatic rings. The first-order chi connectivity index (χ1) is 8.68. The molecule has 4 nitrogen and oxygen atoms in total. The molecule has 1 amide bonds. The Morgan fingerprint density at radius 2 is 1.94 bits per heavy atom. The second-order valence-corrected chi connectivity index (χ2v) is 4.32. The van der Waals surface area contributed by atoms with Crippen LogP contribution >= 0.6 is 0 Å². The van der Waals surface area contributed by atoms with Gasteiger partial charge in [-0.3, -0.25) is 14.7 Å². The summed E-state index contributed by atoms with van der Waals surface area (Å²) >= 11 is 0. The average molecular weight is 240 g/mol. The fourth-order valence-electron chi connectivity index (χ4n) is 2.13. The molecule has 2 heterocycles. The lowest BCUT2D eigenvalue weighted by atomic mass is 10.2. The van der Waals surface area contributed by atoms with Crippen molar-refractivity contribution < 1.29 is 9.90 Å². The Morgan fingerprint density at radius 1 is 1.22 bits per heavy atom. The number of benzene rings is 1. The highest BCUT2D eigenvalue weighted by Gasteiger charge is 2.37. The van der Waals surface area contributed by atoms with Crippen molar-refractivity contribution in [3.05, 3.63) is 59.4 Å². The lowest BCUT2D eigenvalue weighted by Gasteiger charge is -2.20. The molecule has 0 radical (unpaired) electrons. The van der Waals surface area contributed by atoms with Gasteiger partial charge < -0.3 is 5.11 Å². The summed E-state index contributed by atoms with van der Waals surface area (Å²) in [5, 5.41) is 10.2. The summed E-state index contributed by atoms with van der Waals surface area (Å²) in [6, 6.07) is 10.8. The number of nitrogens with zero attached hydrogens (tertiary/aromatic N) is 2. The van der Waals surface area contributed by atoms with Gasteiger partial charge in [0.2, 0.25) is 0 Å². The van der Waals surface area contributed by atoms with Crippen LogP contribution in [0.3, 0.4) is 0 Å². The lowest BCUT2D eigenvalue weighted by Crippen LogP contribution is -2.27. The van der Waals surface area contributed by atoms with E-state index < -0.39 is 6.23 Å². The zero-order chi connectivity index (χ0) is 12.7. The predicted molar refractivity (Wildman–Crippen MR) is 67.2 cm³/mol. The largest absolute Gasteiger partial charge is 0.368 e. The van der Waals surface area contributed by atoms with Gasteiger partial charge in [-0.2, -0.15) is 0 Å². The van der Waals surface area contributed by atoms with Crippen LogP contribution in [0.15, 0.2) is 42.6 Å². The number of aliphatic hydroxyl groups is 1. The van der Waals surface area contributed by atoms with Crippen LogP contribution in [0, 0.1) is 6.92 Å². The molecular weight excluding hydrogens is 228 g/mol. The van der Waals surface area contributed by atoms with E-state index in [0.717, 1.165) is 5.56 Å². The second kappa shape index (κ2) is 3.92. The van der Waals surface area contributed by atoms with Crippen LogP contribution in [0.1, 0.15) is 27.8 Å². The third-order valence-corrected chi connectivity index (χ3v) is 3.09. The van der Waals surface area contributed by atoms with E-state index >= 15 is 0 Å². The summed E-state index contributed by atoms with van der Waals surface area (Å²) in [7, 11) is 0. The summed E-state index contributed by atoms with van der Waals surface area (Å²) in [4.78, 5) is 17.6. The van der Waals surface area contributed by atoms with Gasteiger partial charge in [-0.1, -0.05) is 17.7 Å². The van der Waals surface area contributed by atoms with Gasteiger partial charge >= 0.3 is 0 Å². The van der Waals surface area contributed by atoms with Gasteiger partial charge in [-0.25, -0.2) is 0 Å². The first-order valence-electron chi connectivity index (χ1n) is 5.71. The number of aromatic nitrogens is 1. The molecule has 0 aliphatic carbocycles. The van der Waals surface area contributed by atoms with E-state index in [0.29, 0.717) is 16.9 Å². The first kappa shape index (κ1) is 10.9. The van der Waals surface area contributed by atoms with E-state index in [-0.39, 0.29) is 5.91 Å². The molecule has 1 aromatic heterocycles. The highest BCUT2D eigenvalue weighted by atomic mass is 16.3. The van der Waals surface area contributed by atoms with Gasteiger partial charge in [0.25, 0.3) is 5.91 Å². The van der Waals surface area contributed by atoms with Crippen molar-refractivity contribution in [3.8, 4) is 0 Å². The third kappa shape index (κ3) is 1.50. The number of carbonyl (C=O) groups is 1. The molecule has 1 unspecified atom stereocenters. The number of aliphatic hydroxyl groups excluding tert-OH is 1. The summed E-state index contributed by atoms with van der Waals surface area (Å²) in [5.41, 5.74) is 2.67. The van der Waals surface area contributed by atoms with E-state index in [9.17, 15) is 9.90 Å². The van der Waals surface area contributed by atoms with E-state index in [1.165, 1.54) is 4.90 Å².